The Bertz CT molecular complexity index is 881. The maximum atomic E-state index is 13.5. The number of nitrogens with one attached hydrogen (secondary N) is 2. The van der Waals surface area contributed by atoms with Crippen LogP contribution in [0.3, 0.4) is 0 Å². The number of carbonyl (C=O) groups is 1. The maximum Gasteiger partial charge on any atom is 0.341 e. The summed E-state index contributed by atoms with van der Waals surface area (Å²) in [5, 5.41) is 6.46. The van der Waals surface area contributed by atoms with Gasteiger partial charge < -0.3 is 20.1 Å². The minimum absolute atomic E-state index is 0. The average molecular weight is 547 g/mol. The van der Waals surface area contributed by atoms with Gasteiger partial charge in [-0.2, -0.15) is 11.8 Å². The molecule has 6 nitrogen and oxygen atoms in total. The Balaban J connectivity index is 0.00000450. The number of guanidine groups is 1. The molecule has 0 radical (unpaired) electrons. The zero-order chi connectivity index (χ0) is 21.2. The Morgan fingerprint density at radius 3 is 2.47 bits per heavy atom. The molecule has 0 unspecified atom stereocenters. The minimum Gasteiger partial charge on any atom is -0.496 e. The summed E-state index contributed by atoms with van der Waals surface area (Å²) >= 11 is 1.65. The molecule has 0 aliphatic rings. The predicted molar refractivity (Wildman–Crippen MR) is 130 cm³/mol. The van der Waals surface area contributed by atoms with Crippen molar-refractivity contribution in [3.63, 3.8) is 0 Å². The van der Waals surface area contributed by atoms with Crippen molar-refractivity contribution in [1.29, 1.82) is 0 Å². The predicted octanol–water partition coefficient (Wildman–Crippen LogP) is 3.97. The van der Waals surface area contributed by atoms with Gasteiger partial charge in [-0.1, -0.05) is 12.1 Å². The van der Waals surface area contributed by atoms with Crippen LogP contribution in [0.4, 0.5) is 4.39 Å². The van der Waals surface area contributed by atoms with Crippen molar-refractivity contribution in [1.82, 2.24) is 10.6 Å². The largest absolute Gasteiger partial charge is 0.496 e. The molecule has 0 fully saturated rings. The van der Waals surface area contributed by atoms with Crippen molar-refractivity contribution >= 4 is 47.7 Å². The Kier molecular flexibility index (Phi) is 11.6. The van der Waals surface area contributed by atoms with Gasteiger partial charge in [0, 0.05) is 25.9 Å². The van der Waals surface area contributed by atoms with Gasteiger partial charge in [-0.15, -0.1) is 24.0 Å². The van der Waals surface area contributed by atoms with E-state index in [1.165, 1.54) is 20.3 Å². The molecule has 30 heavy (non-hydrogen) atoms. The van der Waals surface area contributed by atoms with E-state index in [4.69, 9.17) is 9.47 Å². The molecule has 164 valence electrons. The molecule has 0 amide bonds. The van der Waals surface area contributed by atoms with Crippen LogP contribution in [0.5, 0.6) is 5.75 Å². The fourth-order valence-electron chi connectivity index (χ4n) is 2.77. The number of nitrogens with zero attached hydrogens (tertiary/aromatic N) is 1. The van der Waals surface area contributed by atoms with E-state index in [1.54, 1.807) is 43.1 Å². The summed E-state index contributed by atoms with van der Waals surface area (Å²) in [6, 6.07) is 10.1. The molecule has 0 bridgehead atoms. The number of hydrogen-bond acceptors (Lipinski definition) is 5. The summed E-state index contributed by atoms with van der Waals surface area (Å²) in [6.45, 7) is 1.01. The third-order valence-corrected chi connectivity index (χ3v) is 4.87. The lowest BCUT2D eigenvalue weighted by Crippen LogP contribution is -2.36. The zero-order valence-electron chi connectivity index (χ0n) is 17.5. The van der Waals surface area contributed by atoms with Gasteiger partial charge >= 0.3 is 5.97 Å². The molecule has 0 heterocycles. The number of carbonyl (C=O) groups excluding carboxylic acids is 1. The summed E-state index contributed by atoms with van der Waals surface area (Å²) in [5.41, 5.74) is 3.28. The maximum absolute atomic E-state index is 13.5. The highest BCUT2D eigenvalue weighted by molar-refractivity contribution is 14.0. The van der Waals surface area contributed by atoms with Crippen LogP contribution < -0.4 is 15.4 Å². The summed E-state index contributed by atoms with van der Waals surface area (Å²) in [6.07, 6.45) is 1.99. The van der Waals surface area contributed by atoms with E-state index in [-0.39, 0.29) is 29.8 Å². The number of esters is 1. The van der Waals surface area contributed by atoms with Crippen LogP contribution in [0.2, 0.25) is 0 Å². The standard InChI is InChI=1S/C21H26FN3O3S.HI/c1-23-21(25-12-15-6-7-17(22)10-16(15)13-29-4)24-11-14-5-8-18(20(26)28-3)19(9-14)27-2;/h5-10H,11-13H2,1-4H3,(H2,23,24,25);1H. The average Bonchev–Trinajstić information content (AvgIpc) is 2.74. The van der Waals surface area contributed by atoms with Crippen LogP contribution >= 0.6 is 35.7 Å². The van der Waals surface area contributed by atoms with Crippen LogP contribution in [-0.2, 0) is 23.6 Å². The first-order valence-corrected chi connectivity index (χ1v) is 10.4. The molecule has 2 N–H and O–H groups in total. The molecule has 0 aromatic heterocycles. The van der Waals surface area contributed by atoms with E-state index in [0.29, 0.717) is 30.4 Å². The lowest BCUT2D eigenvalue weighted by atomic mass is 10.1. The van der Waals surface area contributed by atoms with Crippen molar-refractivity contribution in [3.8, 4) is 5.75 Å². The molecule has 2 aromatic carbocycles. The Labute approximate surface area is 198 Å². The molecule has 0 aliphatic carbocycles. The van der Waals surface area contributed by atoms with Gasteiger partial charge in [-0.25, -0.2) is 9.18 Å². The number of thioether (sulfide) groups is 1. The van der Waals surface area contributed by atoms with E-state index in [0.717, 1.165) is 22.4 Å². The number of aliphatic imine (C=N–C) groups is 1. The number of methoxy groups -OCH3 is 2. The summed E-state index contributed by atoms with van der Waals surface area (Å²) in [4.78, 5) is 16.0. The molecular formula is C21H27FIN3O3S. The third-order valence-electron chi connectivity index (χ3n) is 4.27. The van der Waals surface area contributed by atoms with Crippen LogP contribution in [0.15, 0.2) is 41.4 Å². The second-order valence-electron chi connectivity index (χ2n) is 6.15. The smallest absolute Gasteiger partial charge is 0.341 e. The molecule has 0 spiro atoms. The van der Waals surface area contributed by atoms with E-state index in [9.17, 15) is 9.18 Å². The zero-order valence-corrected chi connectivity index (χ0v) is 20.6. The summed E-state index contributed by atoms with van der Waals surface area (Å²) in [5.74, 6) is 1.13. The first-order chi connectivity index (χ1) is 14.0. The molecular weight excluding hydrogens is 520 g/mol. The molecule has 0 aliphatic heterocycles. The number of hydrogen-bond donors (Lipinski definition) is 2. The van der Waals surface area contributed by atoms with Gasteiger partial charge in [0.2, 0.25) is 0 Å². The van der Waals surface area contributed by atoms with Crippen LogP contribution in [0.25, 0.3) is 0 Å². The number of halogens is 2. The first-order valence-electron chi connectivity index (χ1n) is 8.98. The van der Waals surface area contributed by atoms with Crippen molar-refractivity contribution in [2.75, 3.05) is 27.5 Å². The lowest BCUT2D eigenvalue weighted by Gasteiger charge is -2.15. The Hall–Kier alpha value is -2.01. The van der Waals surface area contributed by atoms with Crippen molar-refractivity contribution in [2.45, 2.75) is 18.8 Å². The first kappa shape index (κ1) is 26.0. The van der Waals surface area contributed by atoms with E-state index >= 15 is 0 Å². The second-order valence-corrected chi connectivity index (χ2v) is 7.02. The monoisotopic (exact) mass is 547 g/mol. The van der Waals surface area contributed by atoms with Crippen LogP contribution in [-0.4, -0.2) is 39.5 Å². The Morgan fingerprint density at radius 2 is 1.83 bits per heavy atom. The summed E-state index contributed by atoms with van der Waals surface area (Å²) in [7, 11) is 4.52. The minimum atomic E-state index is -0.445. The van der Waals surface area contributed by atoms with Gasteiger partial charge in [0.25, 0.3) is 0 Å². The molecule has 0 saturated carbocycles. The summed E-state index contributed by atoms with van der Waals surface area (Å²) < 4.78 is 23.5. The fraction of sp³-hybridized carbons (Fsp3) is 0.333. The Morgan fingerprint density at radius 1 is 1.10 bits per heavy atom. The number of benzene rings is 2. The fourth-order valence-corrected chi connectivity index (χ4v) is 3.35. The van der Waals surface area contributed by atoms with Gasteiger partial charge in [-0.05, 0) is 47.2 Å². The van der Waals surface area contributed by atoms with Crippen LogP contribution in [0, 0.1) is 5.82 Å². The van der Waals surface area contributed by atoms with E-state index in [2.05, 4.69) is 15.6 Å². The van der Waals surface area contributed by atoms with Crippen LogP contribution in [0.1, 0.15) is 27.0 Å². The third kappa shape index (κ3) is 7.35. The van der Waals surface area contributed by atoms with Gasteiger partial charge in [-0.3, -0.25) is 4.99 Å². The van der Waals surface area contributed by atoms with E-state index < -0.39 is 5.97 Å². The highest BCUT2D eigenvalue weighted by atomic mass is 127. The normalized spacial score (nSPS) is 10.8. The molecule has 0 saturated heterocycles. The highest BCUT2D eigenvalue weighted by Gasteiger charge is 2.13. The lowest BCUT2D eigenvalue weighted by molar-refractivity contribution is 0.0597. The number of ether oxygens (including phenoxy) is 2. The molecule has 9 heteroatoms. The molecule has 0 atom stereocenters. The quantitative estimate of drug-likeness (QED) is 0.226. The van der Waals surface area contributed by atoms with Gasteiger partial charge in [0.05, 0.1) is 14.2 Å². The van der Waals surface area contributed by atoms with Crippen molar-refractivity contribution < 1.29 is 18.7 Å². The molecule has 2 rings (SSSR count). The second kappa shape index (κ2) is 13.3. The topological polar surface area (TPSA) is 72.0 Å². The van der Waals surface area contributed by atoms with E-state index in [1.807, 2.05) is 12.3 Å². The highest BCUT2D eigenvalue weighted by Crippen LogP contribution is 2.21. The van der Waals surface area contributed by atoms with Gasteiger partial charge in [0.15, 0.2) is 5.96 Å². The van der Waals surface area contributed by atoms with Gasteiger partial charge in [0.1, 0.15) is 17.1 Å². The van der Waals surface area contributed by atoms with Crippen molar-refractivity contribution in [3.05, 3.63) is 64.5 Å². The SMILES string of the molecule is CN=C(NCc1ccc(C(=O)OC)c(OC)c1)NCc1ccc(F)cc1CSC.I. The number of rotatable bonds is 8. The van der Waals surface area contributed by atoms with Crippen molar-refractivity contribution in [2.24, 2.45) is 4.99 Å². The molecule has 2 aromatic rings.